The van der Waals surface area contributed by atoms with Crippen LogP contribution in [0.2, 0.25) is 0 Å². The number of benzene rings is 3. The Bertz CT molecular complexity index is 1530. The molecule has 0 radical (unpaired) electrons. The third-order valence-electron chi connectivity index (χ3n) is 5.74. The van der Waals surface area contributed by atoms with Crippen molar-refractivity contribution in [3.05, 3.63) is 103 Å². The summed E-state index contributed by atoms with van der Waals surface area (Å²) >= 11 is 1.37. The second kappa shape index (κ2) is 9.62. The Morgan fingerprint density at radius 1 is 0.833 bits per heavy atom. The molecule has 0 fully saturated rings. The molecule has 0 atom stereocenters. The maximum Gasteiger partial charge on any atom is 0.433 e. The number of thioether (sulfide) groups is 1. The van der Waals surface area contributed by atoms with Gasteiger partial charge in [0.15, 0.2) is 0 Å². The molecule has 0 spiro atoms. The molecule has 1 aliphatic heterocycles. The molecule has 180 valence electrons. The van der Waals surface area contributed by atoms with Gasteiger partial charge in [0.25, 0.3) is 0 Å². The van der Waals surface area contributed by atoms with Crippen molar-refractivity contribution in [1.82, 2.24) is 4.98 Å². The minimum atomic E-state index is -4.50. The van der Waals surface area contributed by atoms with Crippen LogP contribution in [0.3, 0.4) is 0 Å². The highest BCUT2D eigenvalue weighted by Gasteiger charge is 2.32. The fourth-order valence-electron chi connectivity index (χ4n) is 3.97. The Morgan fingerprint density at radius 2 is 1.53 bits per heavy atom. The normalized spacial score (nSPS) is 13.5. The molecule has 4 nitrogen and oxygen atoms in total. The lowest BCUT2D eigenvalue weighted by Gasteiger charge is -2.12. The van der Waals surface area contributed by atoms with Crippen LogP contribution in [0.4, 0.5) is 13.2 Å². The zero-order valence-corrected chi connectivity index (χ0v) is 19.8. The molecular formula is C28H20F3N3OS. The predicted octanol–water partition coefficient (Wildman–Crippen LogP) is 7.90. The van der Waals surface area contributed by atoms with Gasteiger partial charge in [0, 0.05) is 18.2 Å². The van der Waals surface area contributed by atoms with Gasteiger partial charge < -0.3 is 5.11 Å². The molecule has 0 bridgehead atoms. The maximum absolute atomic E-state index is 13.0. The number of nitrogens with zero attached hydrogens (tertiary/aromatic N) is 3. The summed E-state index contributed by atoms with van der Waals surface area (Å²) in [4.78, 5) is 3.64. The Balaban J connectivity index is 1.55. The van der Waals surface area contributed by atoms with E-state index in [4.69, 9.17) is 0 Å². The van der Waals surface area contributed by atoms with Crippen molar-refractivity contribution < 1.29 is 18.3 Å². The van der Waals surface area contributed by atoms with Crippen LogP contribution in [0, 0.1) is 0 Å². The van der Waals surface area contributed by atoms with Crippen LogP contribution >= 0.6 is 11.8 Å². The van der Waals surface area contributed by atoms with Crippen LogP contribution < -0.4 is 0 Å². The van der Waals surface area contributed by atoms with Crippen LogP contribution in [-0.2, 0) is 6.18 Å². The van der Waals surface area contributed by atoms with Gasteiger partial charge in [-0.2, -0.15) is 18.3 Å². The Morgan fingerprint density at radius 3 is 2.22 bits per heavy atom. The number of alkyl halides is 3. The van der Waals surface area contributed by atoms with E-state index >= 15 is 0 Å². The number of aliphatic hydroxyl groups excluding tert-OH is 1. The average molecular weight is 504 g/mol. The average Bonchev–Trinajstić information content (AvgIpc) is 3.36. The lowest BCUT2D eigenvalue weighted by molar-refractivity contribution is -0.141. The summed E-state index contributed by atoms with van der Waals surface area (Å²) in [5.74, 6) is 0.396. The second-order valence-electron chi connectivity index (χ2n) is 8.36. The molecule has 0 saturated carbocycles. The Kier molecular flexibility index (Phi) is 6.36. The largest absolute Gasteiger partial charge is 0.512 e. The van der Waals surface area contributed by atoms with E-state index in [2.05, 4.69) is 27.8 Å². The first kappa shape index (κ1) is 23.8. The number of aliphatic hydroxyl groups is 1. The fourth-order valence-corrected chi connectivity index (χ4v) is 4.64. The first-order valence-corrected chi connectivity index (χ1v) is 12.1. The predicted molar refractivity (Wildman–Crippen MR) is 140 cm³/mol. The van der Waals surface area contributed by atoms with Gasteiger partial charge >= 0.3 is 6.18 Å². The van der Waals surface area contributed by atoms with Gasteiger partial charge in [0.1, 0.15) is 10.7 Å². The van der Waals surface area contributed by atoms with Crippen molar-refractivity contribution in [2.75, 3.05) is 5.75 Å². The monoisotopic (exact) mass is 503 g/mol. The molecule has 1 N–H and O–H groups in total. The summed E-state index contributed by atoms with van der Waals surface area (Å²) in [6.45, 7) is 3.49. The number of pyridine rings is 1. The molecule has 0 saturated heterocycles. The number of hydrogen-bond acceptors (Lipinski definition) is 5. The summed E-state index contributed by atoms with van der Waals surface area (Å²) in [6, 6.07) is 22.5. The van der Waals surface area contributed by atoms with Gasteiger partial charge in [0.2, 0.25) is 0 Å². The molecule has 0 unspecified atom stereocenters. The van der Waals surface area contributed by atoms with Crippen LogP contribution in [0.1, 0.15) is 17.7 Å². The highest BCUT2D eigenvalue weighted by atomic mass is 32.2. The van der Waals surface area contributed by atoms with Crippen molar-refractivity contribution in [3.8, 4) is 22.3 Å². The Labute approximate surface area is 209 Å². The van der Waals surface area contributed by atoms with Gasteiger partial charge in [-0.25, -0.2) is 0 Å². The Hall–Kier alpha value is -3.91. The van der Waals surface area contributed by atoms with E-state index in [1.54, 1.807) is 0 Å². The maximum atomic E-state index is 13.0. The summed E-state index contributed by atoms with van der Waals surface area (Å²) in [5.41, 5.74) is 3.80. The van der Waals surface area contributed by atoms with Crippen molar-refractivity contribution in [2.24, 2.45) is 10.2 Å². The molecular weight excluding hydrogens is 483 g/mol. The number of aromatic nitrogens is 1. The SMILES string of the molecule is C=C(O)CSC1=NN=C(c2cc(-c3ccc(C(F)(F)F)nc3)cc(-c3ccc4ccccc4c3)c2)C1. The minimum absolute atomic E-state index is 0.0616. The van der Waals surface area contributed by atoms with Crippen molar-refractivity contribution in [3.63, 3.8) is 0 Å². The van der Waals surface area contributed by atoms with E-state index in [-0.39, 0.29) is 5.76 Å². The number of rotatable bonds is 5. The molecule has 3 aromatic carbocycles. The van der Waals surface area contributed by atoms with E-state index in [1.807, 2.05) is 54.6 Å². The summed E-state index contributed by atoms with van der Waals surface area (Å²) in [6.07, 6.45) is -2.77. The van der Waals surface area contributed by atoms with Crippen LogP contribution in [0.25, 0.3) is 33.0 Å². The molecule has 1 aliphatic rings. The van der Waals surface area contributed by atoms with Gasteiger partial charge in [-0.1, -0.05) is 49.0 Å². The van der Waals surface area contributed by atoms with Gasteiger partial charge in [-0.3, -0.25) is 4.98 Å². The molecule has 1 aromatic heterocycles. The van der Waals surface area contributed by atoms with Crippen LogP contribution in [0.5, 0.6) is 0 Å². The second-order valence-corrected chi connectivity index (χ2v) is 9.41. The number of halogens is 3. The van der Waals surface area contributed by atoms with Crippen LogP contribution in [0.15, 0.2) is 102 Å². The van der Waals surface area contributed by atoms with Crippen molar-refractivity contribution >= 4 is 33.3 Å². The molecule has 8 heteroatoms. The van der Waals surface area contributed by atoms with E-state index in [0.717, 1.165) is 49.8 Å². The molecule has 36 heavy (non-hydrogen) atoms. The molecule has 2 heterocycles. The van der Waals surface area contributed by atoms with Crippen molar-refractivity contribution in [1.29, 1.82) is 0 Å². The standard InChI is InChI=1S/C28H20F3N3OS/c1-17(35)16-36-27-14-25(33-34-27)24-12-22(20-7-6-18-4-2-3-5-19(18)10-20)11-23(13-24)21-8-9-26(32-15-21)28(29,30)31/h2-13,15,35H,1,14,16H2. The third kappa shape index (κ3) is 5.18. The molecule has 4 aromatic rings. The fraction of sp³-hybridized carbons (Fsp3) is 0.107. The zero-order chi connectivity index (χ0) is 25.3. The van der Waals surface area contributed by atoms with Gasteiger partial charge in [-0.15, -0.1) is 16.9 Å². The topological polar surface area (TPSA) is 57.8 Å². The van der Waals surface area contributed by atoms with Gasteiger partial charge in [-0.05, 0) is 63.4 Å². The quantitative estimate of drug-likeness (QED) is 0.282. The van der Waals surface area contributed by atoms with Gasteiger partial charge in [0.05, 0.1) is 17.2 Å². The van der Waals surface area contributed by atoms with E-state index in [9.17, 15) is 18.3 Å². The first-order chi connectivity index (χ1) is 17.3. The molecule has 0 aliphatic carbocycles. The molecule has 0 amide bonds. The zero-order valence-electron chi connectivity index (χ0n) is 19.0. The van der Waals surface area contributed by atoms with E-state index in [1.165, 1.54) is 24.0 Å². The number of hydrogen-bond donors (Lipinski definition) is 1. The van der Waals surface area contributed by atoms with Crippen LogP contribution in [-0.4, -0.2) is 26.6 Å². The minimum Gasteiger partial charge on any atom is -0.512 e. The van der Waals surface area contributed by atoms with E-state index in [0.29, 0.717) is 17.7 Å². The summed E-state index contributed by atoms with van der Waals surface area (Å²) in [5, 5.41) is 20.9. The summed E-state index contributed by atoms with van der Waals surface area (Å²) in [7, 11) is 0. The highest BCUT2D eigenvalue weighted by Crippen LogP contribution is 2.33. The lowest BCUT2D eigenvalue weighted by Crippen LogP contribution is -2.07. The van der Waals surface area contributed by atoms with E-state index < -0.39 is 11.9 Å². The van der Waals surface area contributed by atoms with Crippen molar-refractivity contribution in [2.45, 2.75) is 12.6 Å². The molecule has 5 rings (SSSR count). The highest BCUT2D eigenvalue weighted by molar-refractivity contribution is 8.14. The lowest BCUT2D eigenvalue weighted by atomic mass is 9.93. The summed E-state index contributed by atoms with van der Waals surface area (Å²) < 4.78 is 39.1. The third-order valence-corrected chi connectivity index (χ3v) is 6.78. The first-order valence-electron chi connectivity index (χ1n) is 11.1. The number of fused-ring (bicyclic) bond motifs is 1. The smallest absolute Gasteiger partial charge is 0.433 e.